The summed E-state index contributed by atoms with van der Waals surface area (Å²) in [4.78, 5) is 12.2. The van der Waals surface area contributed by atoms with Gasteiger partial charge in [0, 0.05) is 17.0 Å². The van der Waals surface area contributed by atoms with Gasteiger partial charge in [-0.2, -0.15) is 0 Å². The quantitative estimate of drug-likeness (QED) is 0.834. The third kappa shape index (κ3) is 3.76. The molecular formula is C16H16BrNO3. The van der Waals surface area contributed by atoms with Crippen LogP contribution < -0.4 is 14.8 Å². The molecule has 0 atom stereocenters. The predicted molar refractivity (Wildman–Crippen MR) is 86.6 cm³/mol. The fourth-order valence-corrected chi connectivity index (χ4v) is 2.22. The van der Waals surface area contributed by atoms with Gasteiger partial charge < -0.3 is 14.8 Å². The van der Waals surface area contributed by atoms with Gasteiger partial charge in [0.05, 0.1) is 19.9 Å². The minimum Gasteiger partial charge on any atom is -0.497 e. The first kappa shape index (κ1) is 15.4. The highest BCUT2D eigenvalue weighted by atomic mass is 79.9. The molecule has 0 heterocycles. The number of hydrogen-bond acceptors (Lipinski definition) is 3. The summed E-state index contributed by atoms with van der Waals surface area (Å²) < 4.78 is 10.4. The third-order valence-corrected chi connectivity index (χ3v) is 3.67. The van der Waals surface area contributed by atoms with Crippen LogP contribution in [0, 0.1) is 0 Å². The number of amides is 1. The van der Waals surface area contributed by atoms with Gasteiger partial charge in [-0.3, -0.25) is 4.79 Å². The Morgan fingerprint density at radius 2 is 1.81 bits per heavy atom. The van der Waals surface area contributed by atoms with Gasteiger partial charge in [0.2, 0.25) is 0 Å². The Kier molecular flexibility index (Phi) is 5.22. The monoisotopic (exact) mass is 349 g/mol. The Hall–Kier alpha value is -2.01. The first-order valence-electron chi connectivity index (χ1n) is 6.36. The van der Waals surface area contributed by atoms with Gasteiger partial charge in [-0.05, 0) is 29.8 Å². The van der Waals surface area contributed by atoms with Crippen LogP contribution in [0.5, 0.6) is 11.5 Å². The second kappa shape index (κ2) is 7.13. The second-order valence-corrected chi connectivity index (χ2v) is 4.91. The zero-order chi connectivity index (χ0) is 15.2. The SMILES string of the molecule is COc1ccc(NC(=O)c2ccc(CBr)cc2)c(OC)c1. The maximum Gasteiger partial charge on any atom is 0.255 e. The molecular weight excluding hydrogens is 334 g/mol. The van der Waals surface area contributed by atoms with Gasteiger partial charge in [0.15, 0.2) is 0 Å². The molecule has 5 heteroatoms. The van der Waals surface area contributed by atoms with Crippen LogP contribution in [0.15, 0.2) is 42.5 Å². The lowest BCUT2D eigenvalue weighted by molar-refractivity contribution is 0.102. The van der Waals surface area contributed by atoms with E-state index in [2.05, 4.69) is 21.2 Å². The molecule has 4 nitrogen and oxygen atoms in total. The van der Waals surface area contributed by atoms with Gasteiger partial charge in [-0.15, -0.1) is 0 Å². The van der Waals surface area contributed by atoms with Crippen molar-refractivity contribution in [3.05, 3.63) is 53.6 Å². The number of alkyl halides is 1. The van der Waals surface area contributed by atoms with Crippen molar-refractivity contribution in [2.45, 2.75) is 5.33 Å². The average Bonchev–Trinajstić information content (AvgIpc) is 2.55. The number of anilines is 1. The minimum atomic E-state index is -0.181. The van der Waals surface area contributed by atoms with Crippen LogP contribution in [0.25, 0.3) is 0 Å². The molecule has 0 aromatic heterocycles. The summed E-state index contributed by atoms with van der Waals surface area (Å²) in [5, 5.41) is 3.60. The van der Waals surface area contributed by atoms with Crippen LogP contribution in [0.1, 0.15) is 15.9 Å². The molecule has 0 aliphatic rings. The van der Waals surface area contributed by atoms with E-state index in [1.54, 1.807) is 44.6 Å². The summed E-state index contributed by atoms with van der Waals surface area (Å²) in [6.45, 7) is 0. The molecule has 2 aromatic rings. The van der Waals surface area contributed by atoms with E-state index in [0.717, 1.165) is 10.9 Å². The highest BCUT2D eigenvalue weighted by Crippen LogP contribution is 2.29. The number of carbonyl (C=O) groups excluding carboxylic acids is 1. The molecule has 0 spiro atoms. The summed E-state index contributed by atoms with van der Waals surface area (Å²) in [6, 6.07) is 12.7. The lowest BCUT2D eigenvalue weighted by Gasteiger charge is -2.11. The summed E-state index contributed by atoms with van der Waals surface area (Å²) >= 11 is 3.38. The van der Waals surface area contributed by atoms with Crippen LogP contribution in [-0.4, -0.2) is 20.1 Å². The van der Waals surface area contributed by atoms with E-state index in [0.29, 0.717) is 22.7 Å². The van der Waals surface area contributed by atoms with Crippen molar-refractivity contribution in [2.24, 2.45) is 0 Å². The molecule has 0 aliphatic carbocycles. The molecule has 0 bridgehead atoms. The Morgan fingerprint density at radius 1 is 1.10 bits per heavy atom. The van der Waals surface area contributed by atoms with E-state index in [4.69, 9.17) is 9.47 Å². The van der Waals surface area contributed by atoms with Gasteiger partial charge in [-0.1, -0.05) is 28.1 Å². The molecule has 0 aliphatic heterocycles. The van der Waals surface area contributed by atoms with Crippen molar-refractivity contribution < 1.29 is 14.3 Å². The summed E-state index contributed by atoms with van der Waals surface area (Å²) in [6.07, 6.45) is 0. The van der Waals surface area contributed by atoms with E-state index < -0.39 is 0 Å². The molecule has 1 N–H and O–H groups in total. The number of hydrogen-bond donors (Lipinski definition) is 1. The van der Waals surface area contributed by atoms with Crippen LogP contribution >= 0.6 is 15.9 Å². The molecule has 0 radical (unpaired) electrons. The van der Waals surface area contributed by atoms with Gasteiger partial charge in [0.1, 0.15) is 11.5 Å². The molecule has 0 saturated heterocycles. The Morgan fingerprint density at radius 3 is 2.38 bits per heavy atom. The molecule has 1 amide bonds. The molecule has 110 valence electrons. The fourth-order valence-electron chi connectivity index (χ4n) is 1.84. The van der Waals surface area contributed by atoms with Gasteiger partial charge >= 0.3 is 0 Å². The fraction of sp³-hybridized carbons (Fsp3) is 0.188. The van der Waals surface area contributed by atoms with E-state index >= 15 is 0 Å². The van der Waals surface area contributed by atoms with Crippen molar-refractivity contribution in [2.75, 3.05) is 19.5 Å². The zero-order valence-electron chi connectivity index (χ0n) is 11.9. The van der Waals surface area contributed by atoms with Crippen LogP contribution in [0.2, 0.25) is 0 Å². The first-order chi connectivity index (χ1) is 10.2. The number of carbonyl (C=O) groups is 1. The molecule has 0 unspecified atom stereocenters. The summed E-state index contributed by atoms with van der Waals surface area (Å²) in [5.41, 5.74) is 2.32. The average molecular weight is 350 g/mol. The molecule has 21 heavy (non-hydrogen) atoms. The van der Waals surface area contributed by atoms with Crippen molar-refractivity contribution in [3.63, 3.8) is 0 Å². The van der Waals surface area contributed by atoms with E-state index in [1.165, 1.54) is 0 Å². The number of benzene rings is 2. The number of rotatable bonds is 5. The standard InChI is InChI=1S/C16H16BrNO3/c1-20-13-7-8-14(15(9-13)21-2)18-16(19)12-5-3-11(10-17)4-6-12/h3-9H,10H2,1-2H3,(H,18,19). The van der Waals surface area contributed by atoms with Gasteiger partial charge in [-0.25, -0.2) is 0 Å². The molecule has 0 fully saturated rings. The summed E-state index contributed by atoms with van der Waals surface area (Å²) in [7, 11) is 3.13. The normalized spacial score (nSPS) is 10.0. The Labute approximate surface area is 132 Å². The Bertz CT molecular complexity index is 626. The van der Waals surface area contributed by atoms with Crippen LogP contribution in [0.3, 0.4) is 0 Å². The van der Waals surface area contributed by atoms with Crippen molar-refractivity contribution in [1.29, 1.82) is 0 Å². The lowest BCUT2D eigenvalue weighted by Crippen LogP contribution is -2.12. The topological polar surface area (TPSA) is 47.6 Å². The summed E-state index contributed by atoms with van der Waals surface area (Å²) in [5.74, 6) is 1.05. The van der Waals surface area contributed by atoms with Crippen molar-refractivity contribution >= 4 is 27.5 Å². The Balaban J connectivity index is 2.18. The molecule has 2 rings (SSSR count). The highest BCUT2D eigenvalue weighted by Gasteiger charge is 2.10. The van der Waals surface area contributed by atoms with Crippen molar-refractivity contribution in [3.8, 4) is 11.5 Å². The van der Waals surface area contributed by atoms with E-state index in [1.807, 2.05) is 12.1 Å². The zero-order valence-corrected chi connectivity index (χ0v) is 13.4. The van der Waals surface area contributed by atoms with Gasteiger partial charge in [0.25, 0.3) is 5.91 Å². The second-order valence-electron chi connectivity index (χ2n) is 4.35. The van der Waals surface area contributed by atoms with E-state index in [-0.39, 0.29) is 5.91 Å². The minimum absolute atomic E-state index is 0.181. The number of halogens is 1. The number of nitrogens with one attached hydrogen (secondary N) is 1. The third-order valence-electron chi connectivity index (χ3n) is 3.03. The first-order valence-corrected chi connectivity index (χ1v) is 7.48. The molecule has 2 aromatic carbocycles. The maximum absolute atomic E-state index is 12.2. The number of methoxy groups -OCH3 is 2. The largest absolute Gasteiger partial charge is 0.497 e. The smallest absolute Gasteiger partial charge is 0.255 e. The number of ether oxygens (including phenoxy) is 2. The highest BCUT2D eigenvalue weighted by molar-refractivity contribution is 9.08. The maximum atomic E-state index is 12.2. The lowest BCUT2D eigenvalue weighted by atomic mass is 10.1. The van der Waals surface area contributed by atoms with E-state index in [9.17, 15) is 4.79 Å². The van der Waals surface area contributed by atoms with Crippen LogP contribution in [-0.2, 0) is 5.33 Å². The van der Waals surface area contributed by atoms with Crippen LogP contribution in [0.4, 0.5) is 5.69 Å². The van der Waals surface area contributed by atoms with Crippen molar-refractivity contribution in [1.82, 2.24) is 0 Å². The predicted octanol–water partition coefficient (Wildman–Crippen LogP) is 3.85. The molecule has 0 saturated carbocycles.